The second-order valence-electron chi connectivity index (χ2n) is 6.34. The highest BCUT2D eigenvalue weighted by Crippen LogP contribution is 2.29. The number of carbonyl (C=O) groups excluding carboxylic acids is 2. The minimum Gasteiger partial charge on any atom is -0.493 e. The Kier molecular flexibility index (Phi) is 8.03. The Balaban J connectivity index is 1.94. The number of nitrogens with zero attached hydrogens (tertiary/aromatic N) is 1. The molecular formula is C21H23ClN2O5. The van der Waals surface area contributed by atoms with Gasteiger partial charge < -0.3 is 19.5 Å². The number of anilines is 1. The van der Waals surface area contributed by atoms with Crippen LogP contribution >= 0.6 is 11.6 Å². The number of carbonyl (C=O) groups is 2. The molecule has 1 aromatic heterocycles. The summed E-state index contributed by atoms with van der Waals surface area (Å²) >= 11 is 5.75. The van der Waals surface area contributed by atoms with Gasteiger partial charge in [0, 0.05) is 12.3 Å². The van der Waals surface area contributed by atoms with Crippen LogP contribution in [0.2, 0.25) is 5.02 Å². The van der Waals surface area contributed by atoms with Crippen molar-refractivity contribution in [1.29, 1.82) is 0 Å². The summed E-state index contributed by atoms with van der Waals surface area (Å²) in [6.45, 7) is 5.31. The number of amides is 1. The lowest BCUT2D eigenvalue weighted by Crippen LogP contribution is -2.29. The molecule has 1 amide bonds. The van der Waals surface area contributed by atoms with Gasteiger partial charge in [0.25, 0.3) is 5.91 Å². The van der Waals surface area contributed by atoms with E-state index in [1.165, 1.54) is 19.2 Å². The molecule has 0 bridgehead atoms. The van der Waals surface area contributed by atoms with Crippen molar-refractivity contribution in [3.63, 3.8) is 0 Å². The summed E-state index contributed by atoms with van der Waals surface area (Å²) in [4.78, 5) is 28.1. The average molecular weight is 419 g/mol. The third-order valence-electron chi connectivity index (χ3n) is 3.60. The van der Waals surface area contributed by atoms with Crippen LogP contribution in [0.4, 0.5) is 5.82 Å². The van der Waals surface area contributed by atoms with E-state index in [4.69, 9.17) is 25.8 Å². The third kappa shape index (κ3) is 7.12. The molecule has 0 unspecified atom stereocenters. The van der Waals surface area contributed by atoms with E-state index in [0.29, 0.717) is 22.3 Å². The van der Waals surface area contributed by atoms with Crippen LogP contribution in [0.25, 0.3) is 6.08 Å². The molecule has 1 heterocycles. The molecule has 2 aromatic rings. The molecule has 8 heteroatoms. The van der Waals surface area contributed by atoms with Crippen molar-refractivity contribution in [1.82, 2.24) is 4.98 Å². The Labute approximate surface area is 174 Å². The van der Waals surface area contributed by atoms with E-state index in [9.17, 15) is 9.59 Å². The van der Waals surface area contributed by atoms with Crippen LogP contribution in [0, 0.1) is 0 Å². The second-order valence-corrected chi connectivity index (χ2v) is 6.78. The van der Waals surface area contributed by atoms with E-state index < -0.39 is 18.0 Å². The lowest BCUT2D eigenvalue weighted by molar-refractivity contribution is -0.148. The van der Waals surface area contributed by atoms with E-state index in [1.54, 1.807) is 43.5 Å². The lowest BCUT2D eigenvalue weighted by atomic mass is 10.2. The van der Waals surface area contributed by atoms with E-state index in [2.05, 4.69) is 10.3 Å². The molecule has 0 saturated heterocycles. The van der Waals surface area contributed by atoms with Gasteiger partial charge in [-0.05, 0) is 56.7 Å². The van der Waals surface area contributed by atoms with Crippen LogP contribution < -0.4 is 14.8 Å². The first-order chi connectivity index (χ1) is 13.8. The molecule has 0 radical (unpaired) electrons. The molecule has 0 saturated carbocycles. The van der Waals surface area contributed by atoms with Gasteiger partial charge in [-0.3, -0.25) is 4.79 Å². The van der Waals surface area contributed by atoms with Crippen molar-refractivity contribution in [2.45, 2.75) is 33.0 Å². The number of pyridine rings is 1. The highest BCUT2D eigenvalue weighted by atomic mass is 35.5. The summed E-state index contributed by atoms with van der Waals surface area (Å²) in [6, 6.07) is 8.43. The zero-order chi connectivity index (χ0) is 21.4. The van der Waals surface area contributed by atoms with Crippen LogP contribution in [0.5, 0.6) is 11.5 Å². The van der Waals surface area contributed by atoms with Gasteiger partial charge in [-0.25, -0.2) is 9.78 Å². The number of esters is 1. The van der Waals surface area contributed by atoms with E-state index >= 15 is 0 Å². The fraction of sp³-hybridized carbons (Fsp3) is 0.286. The van der Waals surface area contributed by atoms with Crippen LogP contribution in [-0.4, -0.2) is 36.2 Å². The molecule has 7 nitrogen and oxygen atoms in total. The molecule has 1 aromatic carbocycles. The number of rotatable bonds is 8. The number of aromatic nitrogens is 1. The van der Waals surface area contributed by atoms with Crippen molar-refractivity contribution in [3.8, 4) is 11.5 Å². The molecule has 0 aliphatic heterocycles. The average Bonchev–Trinajstić information content (AvgIpc) is 2.68. The zero-order valence-electron chi connectivity index (χ0n) is 16.6. The summed E-state index contributed by atoms with van der Waals surface area (Å²) in [7, 11) is 1.54. The van der Waals surface area contributed by atoms with Gasteiger partial charge in [0.05, 0.1) is 18.2 Å². The summed E-state index contributed by atoms with van der Waals surface area (Å²) in [5.74, 6) is 0.325. The molecule has 29 heavy (non-hydrogen) atoms. The zero-order valence-corrected chi connectivity index (χ0v) is 17.4. The fourth-order valence-corrected chi connectivity index (χ4v) is 2.36. The number of ether oxygens (including phenoxy) is 3. The smallest absolute Gasteiger partial charge is 0.331 e. The first-order valence-electron chi connectivity index (χ1n) is 8.94. The fourth-order valence-electron chi connectivity index (χ4n) is 2.25. The number of methoxy groups -OCH3 is 1. The van der Waals surface area contributed by atoms with Gasteiger partial charge in [0.2, 0.25) is 0 Å². The molecule has 0 aliphatic carbocycles. The molecule has 1 N–H and O–H groups in total. The van der Waals surface area contributed by atoms with Crippen LogP contribution in [0.15, 0.2) is 42.6 Å². The largest absolute Gasteiger partial charge is 0.493 e. The summed E-state index contributed by atoms with van der Waals surface area (Å²) < 4.78 is 16.1. The first kappa shape index (κ1) is 22.2. The molecule has 154 valence electrons. The predicted octanol–water partition coefficient (Wildman–Crippen LogP) is 4.11. The van der Waals surface area contributed by atoms with Crippen LogP contribution in [0.3, 0.4) is 0 Å². The Morgan fingerprint density at radius 2 is 1.90 bits per heavy atom. The summed E-state index contributed by atoms with van der Waals surface area (Å²) in [5.41, 5.74) is 0.720. The van der Waals surface area contributed by atoms with Crippen molar-refractivity contribution in [3.05, 3.63) is 53.2 Å². The Morgan fingerprint density at radius 3 is 2.52 bits per heavy atom. The van der Waals surface area contributed by atoms with E-state index in [1.807, 2.05) is 13.8 Å². The van der Waals surface area contributed by atoms with Crippen molar-refractivity contribution in [2.75, 3.05) is 12.4 Å². The first-order valence-corrected chi connectivity index (χ1v) is 9.32. The van der Waals surface area contributed by atoms with Crippen molar-refractivity contribution in [2.24, 2.45) is 0 Å². The van der Waals surface area contributed by atoms with Gasteiger partial charge >= 0.3 is 5.97 Å². The quantitative estimate of drug-likeness (QED) is 0.512. The molecule has 0 aliphatic rings. The minimum atomic E-state index is -0.999. The van der Waals surface area contributed by atoms with Gasteiger partial charge in [-0.15, -0.1) is 0 Å². The normalized spacial score (nSPS) is 11.9. The lowest BCUT2D eigenvalue weighted by Gasteiger charge is -2.14. The Bertz CT molecular complexity index is 881. The van der Waals surface area contributed by atoms with Gasteiger partial charge in [0.15, 0.2) is 17.6 Å². The standard InChI is InChI=1S/C21H23ClN2O5/c1-13(2)28-17-8-5-15(11-18(17)27-4)6-10-20(25)29-14(3)21(26)24-19-9-7-16(22)12-23-19/h5-14H,1-4H3,(H,23,24,26)/b10-6+/t14-/m0/s1. The molecular weight excluding hydrogens is 396 g/mol. The Hall–Kier alpha value is -3.06. The Morgan fingerprint density at radius 1 is 1.14 bits per heavy atom. The van der Waals surface area contributed by atoms with E-state index in [0.717, 1.165) is 5.56 Å². The topological polar surface area (TPSA) is 86.8 Å². The number of benzene rings is 1. The highest BCUT2D eigenvalue weighted by molar-refractivity contribution is 6.30. The molecule has 2 rings (SSSR count). The van der Waals surface area contributed by atoms with Crippen molar-refractivity contribution < 1.29 is 23.8 Å². The van der Waals surface area contributed by atoms with Crippen LogP contribution in [0.1, 0.15) is 26.3 Å². The SMILES string of the molecule is COc1cc(/C=C/C(=O)O[C@@H](C)C(=O)Nc2ccc(Cl)cn2)ccc1OC(C)C. The minimum absolute atomic E-state index is 0.0102. The van der Waals surface area contributed by atoms with E-state index in [-0.39, 0.29) is 6.10 Å². The van der Waals surface area contributed by atoms with Crippen molar-refractivity contribution >= 4 is 35.4 Å². The number of hydrogen-bond donors (Lipinski definition) is 1. The third-order valence-corrected chi connectivity index (χ3v) is 3.83. The number of nitrogens with one attached hydrogen (secondary N) is 1. The summed E-state index contributed by atoms with van der Waals surface area (Å²) in [6.07, 6.45) is 3.22. The maximum absolute atomic E-state index is 12.1. The molecule has 1 atom stereocenters. The maximum atomic E-state index is 12.1. The molecule has 0 spiro atoms. The van der Waals surface area contributed by atoms with Crippen LogP contribution in [-0.2, 0) is 14.3 Å². The van der Waals surface area contributed by atoms with Gasteiger partial charge in [0.1, 0.15) is 5.82 Å². The van der Waals surface area contributed by atoms with Gasteiger partial charge in [-0.2, -0.15) is 0 Å². The molecule has 0 fully saturated rings. The monoisotopic (exact) mass is 418 g/mol. The number of halogens is 1. The summed E-state index contributed by atoms with van der Waals surface area (Å²) in [5, 5.41) is 3.00. The second kappa shape index (κ2) is 10.5. The van der Waals surface area contributed by atoms with Gasteiger partial charge in [-0.1, -0.05) is 17.7 Å². The predicted molar refractivity (Wildman–Crippen MR) is 111 cm³/mol. The maximum Gasteiger partial charge on any atom is 0.331 e. The highest BCUT2D eigenvalue weighted by Gasteiger charge is 2.17. The number of hydrogen-bond acceptors (Lipinski definition) is 6.